The molecule has 0 atom stereocenters. The van der Waals surface area contributed by atoms with Gasteiger partial charge in [0.2, 0.25) is 0 Å². The predicted molar refractivity (Wildman–Crippen MR) is 79.1 cm³/mol. The van der Waals surface area contributed by atoms with Gasteiger partial charge in [-0.1, -0.05) is 12.1 Å². The third-order valence-electron chi connectivity index (χ3n) is 2.39. The lowest BCUT2D eigenvalue weighted by molar-refractivity contribution is 0.0926. The Morgan fingerprint density at radius 2 is 2.20 bits per heavy atom. The Hall–Kier alpha value is -2.08. The maximum atomic E-state index is 11.7. The number of nitrogens with zero attached hydrogens (tertiary/aromatic N) is 1. The van der Waals surface area contributed by atoms with E-state index in [0.29, 0.717) is 17.0 Å². The maximum Gasteiger partial charge on any atom is 0.307 e. The Bertz CT molecular complexity index is 622. The number of furan rings is 1. The van der Waals surface area contributed by atoms with E-state index in [9.17, 15) is 4.79 Å². The van der Waals surface area contributed by atoms with Gasteiger partial charge in [0, 0.05) is 5.56 Å². The van der Waals surface area contributed by atoms with E-state index >= 15 is 0 Å². The molecule has 1 N–H and O–H groups in total. The number of benzene rings is 1. The molecule has 0 aliphatic heterocycles. The van der Waals surface area contributed by atoms with Crippen molar-refractivity contribution in [3.63, 3.8) is 0 Å². The molecule has 1 heterocycles. The van der Waals surface area contributed by atoms with E-state index < -0.39 is 5.91 Å². The van der Waals surface area contributed by atoms with Crippen LogP contribution < -0.4 is 10.2 Å². The molecular formula is C14H13BrN2O3. The van der Waals surface area contributed by atoms with Crippen LogP contribution in [0.4, 0.5) is 0 Å². The second-order valence-electron chi connectivity index (χ2n) is 3.77. The van der Waals surface area contributed by atoms with Crippen LogP contribution in [0.15, 0.2) is 50.6 Å². The predicted octanol–water partition coefficient (Wildman–Crippen LogP) is 3.20. The van der Waals surface area contributed by atoms with Gasteiger partial charge in [-0.3, -0.25) is 4.79 Å². The fourth-order valence-electron chi connectivity index (χ4n) is 1.53. The van der Waals surface area contributed by atoms with Crippen molar-refractivity contribution in [3.8, 4) is 5.75 Å². The summed E-state index contributed by atoms with van der Waals surface area (Å²) >= 11 is 3.13. The van der Waals surface area contributed by atoms with Gasteiger partial charge in [-0.25, -0.2) is 5.43 Å². The minimum atomic E-state index is -0.416. The highest BCUT2D eigenvalue weighted by Gasteiger charge is 2.08. The quantitative estimate of drug-likeness (QED) is 0.673. The van der Waals surface area contributed by atoms with E-state index in [2.05, 4.69) is 26.5 Å². The van der Waals surface area contributed by atoms with Crippen molar-refractivity contribution in [3.05, 3.63) is 52.4 Å². The summed E-state index contributed by atoms with van der Waals surface area (Å²) in [6.07, 6.45) is 1.53. The molecule has 0 saturated heterocycles. The number of hydrogen-bond donors (Lipinski definition) is 1. The van der Waals surface area contributed by atoms with Crippen molar-refractivity contribution in [1.82, 2.24) is 5.43 Å². The number of hydrogen-bond acceptors (Lipinski definition) is 4. The van der Waals surface area contributed by atoms with E-state index in [1.54, 1.807) is 12.1 Å². The van der Waals surface area contributed by atoms with Gasteiger partial charge in [0.05, 0.1) is 12.8 Å². The second kappa shape index (κ2) is 6.91. The van der Waals surface area contributed by atoms with E-state index in [4.69, 9.17) is 9.15 Å². The molecule has 0 radical (unpaired) electrons. The summed E-state index contributed by atoms with van der Waals surface area (Å²) in [6.45, 7) is 2.47. The van der Waals surface area contributed by atoms with Gasteiger partial charge in [0.1, 0.15) is 5.75 Å². The van der Waals surface area contributed by atoms with Crippen molar-refractivity contribution in [2.45, 2.75) is 6.92 Å². The van der Waals surface area contributed by atoms with Gasteiger partial charge < -0.3 is 9.15 Å². The fraction of sp³-hybridized carbons (Fsp3) is 0.143. The Balaban J connectivity index is 2.01. The molecule has 104 valence electrons. The number of carbonyl (C=O) groups excluding carboxylic acids is 1. The standard InChI is InChI=1S/C14H13BrN2O3/c1-2-19-11-6-4-3-5-10(11)9-16-17-14(18)12-7-8-13(15)20-12/h3-9H,2H2,1H3,(H,17,18)/b16-9+. The molecule has 1 amide bonds. The summed E-state index contributed by atoms with van der Waals surface area (Å²) in [5.74, 6) is 0.488. The van der Waals surface area contributed by atoms with Crippen LogP contribution in [0.2, 0.25) is 0 Å². The molecule has 0 unspecified atom stereocenters. The van der Waals surface area contributed by atoms with Crippen LogP contribution in [0.25, 0.3) is 0 Å². The Kier molecular flexibility index (Phi) is 4.95. The Labute approximate surface area is 124 Å². The van der Waals surface area contributed by atoms with Gasteiger partial charge in [-0.2, -0.15) is 5.10 Å². The monoisotopic (exact) mass is 336 g/mol. The van der Waals surface area contributed by atoms with Crippen LogP contribution in [0.3, 0.4) is 0 Å². The van der Waals surface area contributed by atoms with Crippen molar-refractivity contribution >= 4 is 28.1 Å². The smallest absolute Gasteiger partial charge is 0.307 e. The van der Waals surface area contributed by atoms with E-state index in [1.807, 2.05) is 31.2 Å². The largest absolute Gasteiger partial charge is 0.493 e. The first-order valence-corrected chi connectivity index (χ1v) is 6.80. The summed E-state index contributed by atoms with van der Waals surface area (Å²) in [5.41, 5.74) is 3.18. The molecule has 0 aliphatic carbocycles. The zero-order valence-corrected chi connectivity index (χ0v) is 12.4. The van der Waals surface area contributed by atoms with Crippen LogP contribution in [0, 0.1) is 0 Å². The van der Waals surface area contributed by atoms with Gasteiger partial charge in [-0.15, -0.1) is 0 Å². The number of hydrazone groups is 1. The van der Waals surface area contributed by atoms with Gasteiger partial charge in [0.25, 0.3) is 0 Å². The highest BCUT2D eigenvalue weighted by Crippen LogP contribution is 2.16. The molecule has 0 spiro atoms. The molecule has 0 fully saturated rings. The summed E-state index contributed by atoms with van der Waals surface area (Å²) in [5, 5.41) is 3.89. The lowest BCUT2D eigenvalue weighted by atomic mass is 10.2. The number of amides is 1. The molecule has 1 aromatic carbocycles. The third kappa shape index (κ3) is 3.71. The summed E-state index contributed by atoms with van der Waals surface area (Å²) in [4.78, 5) is 11.7. The number of carbonyl (C=O) groups is 1. The molecule has 1 aromatic heterocycles. The minimum Gasteiger partial charge on any atom is -0.493 e. The van der Waals surface area contributed by atoms with Crippen LogP contribution in [0.5, 0.6) is 5.75 Å². The lowest BCUT2D eigenvalue weighted by Gasteiger charge is -2.05. The number of para-hydroxylation sites is 1. The molecule has 0 aliphatic rings. The van der Waals surface area contributed by atoms with Crippen LogP contribution >= 0.6 is 15.9 Å². The summed E-state index contributed by atoms with van der Waals surface area (Å²) in [7, 11) is 0. The molecule has 2 aromatic rings. The minimum absolute atomic E-state index is 0.187. The first-order chi connectivity index (χ1) is 9.70. The van der Waals surface area contributed by atoms with Crippen LogP contribution in [-0.2, 0) is 0 Å². The highest BCUT2D eigenvalue weighted by atomic mass is 79.9. The zero-order valence-electron chi connectivity index (χ0n) is 10.8. The highest BCUT2D eigenvalue weighted by molar-refractivity contribution is 9.10. The van der Waals surface area contributed by atoms with Gasteiger partial charge in [0.15, 0.2) is 10.4 Å². The third-order valence-corrected chi connectivity index (χ3v) is 2.81. The molecule has 6 heteroatoms. The molecule has 2 rings (SSSR count). The number of halogens is 1. The molecular weight excluding hydrogens is 324 g/mol. The summed E-state index contributed by atoms with van der Waals surface area (Å²) < 4.78 is 11.1. The van der Waals surface area contributed by atoms with Crippen molar-refractivity contribution in [1.29, 1.82) is 0 Å². The van der Waals surface area contributed by atoms with Crippen molar-refractivity contribution < 1.29 is 13.9 Å². The van der Waals surface area contributed by atoms with Crippen LogP contribution in [-0.4, -0.2) is 18.7 Å². The molecule has 0 saturated carbocycles. The van der Waals surface area contributed by atoms with Crippen LogP contribution in [0.1, 0.15) is 23.0 Å². The van der Waals surface area contributed by atoms with E-state index in [1.165, 1.54) is 6.21 Å². The molecule has 0 bridgehead atoms. The Morgan fingerprint density at radius 1 is 1.40 bits per heavy atom. The number of nitrogens with one attached hydrogen (secondary N) is 1. The first kappa shape index (κ1) is 14.3. The molecule has 20 heavy (non-hydrogen) atoms. The topological polar surface area (TPSA) is 63.8 Å². The second-order valence-corrected chi connectivity index (χ2v) is 4.56. The average molecular weight is 337 g/mol. The molecule has 5 nitrogen and oxygen atoms in total. The van der Waals surface area contributed by atoms with Gasteiger partial charge >= 0.3 is 5.91 Å². The Morgan fingerprint density at radius 3 is 2.90 bits per heavy atom. The zero-order chi connectivity index (χ0) is 14.4. The lowest BCUT2D eigenvalue weighted by Crippen LogP contribution is -2.16. The normalized spacial score (nSPS) is 10.7. The van der Waals surface area contributed by atoms with Crippen molar-refractivity contribution in [2.24, 2.45) is 5.10 Å². The van der Waals surface area contributed by atoms with E-state index in [0.717, 1.165) is 5.56 Å². The fourth-order valence-corrected chi connectivity index (χ4v) is 1.83. The SMILES string of the molecule is CCOc1ccccc1/C=N/NC(=O)c1ccc(Br)o1. The van der Waals surface area contributed by atoms with E-state index in [-0.39, 0.29) is 5.76 Å². The number of ether oxygens (including phenoxy) is 1. The summed E-state index contributed by atoms with van der Waals surface area (Å²) in [6, 6.07) is 10.6. The van der Waals surface area contributed by atoms with Crippen molar-refractivity contribution in [2.75, 3.05) is 6.61 Å². The maximum absolute atomic E-state index is 11.7. The first-order valence-electron chi connectivity index (χ1n) is 6.01. The number of rotatable bonds is 5. The average Bonchev–Trinajstić information content (AvgIpc) is 2.88. The van der Waals surface area contributed by atoms with Gasteiger partial charge in [-0.05, 0) is 47.1 Å².